The molecule has 0 unspecified atom stereocenters. The van der Waals surface area contributed by atoms with Gasteiger partial charge in [0.2, 0.25) is 5.91 Å². The molecule has 1 aliphatic rings. The molecule has 26 heavy (non-hydrogen) atoms. The lowest BCUT2D eigenvalue weighted by Crippen LogP contribution is -2.26. The number of aryl methyl sites for hydroxylation is 3. The van der Waals surface area contributed by atoms with Crippen LogP contribution in [0.5, 0.6) is 0 Å². The van der Waals surface area contributed by atoms with Crippen LogP contribution in [0.25, 0.3) is 10.8 Å². The monoisotopic (exact) mass is 343 g/mol. The highest BCUT2D eigenvalue weighted by Gasteiger charge is 2.15. The first-order valence-electron chi connectivity index (χ1n) is 9.58. The zero-order chi connectivity index (χ0) is 17.9. The standard InChI is InChI=1S/C24H25NO/c1-17(21-13-12-18-7-4-10-22(18)16-21)25-24(26)15-14-20-9-5-8-19-6-2-3-11-23(19)20/h2-3,5-6,8-9,11-13,16-17H,4,7,10,14-15H2,1H3,(H,25,26)/t17-/m0/s1. The number of amides is 1. The molecule has 0 bridgehead atoms. The van der Waals surface area contributed by atoms with Crippen LogP contribution in [0, 0.1) is 0 Å². The molecule has 2 heteroatoms. The summed E-state index contributed by atoms with van der Waals surface area (Å²) < 4.78 is 0. The van der Waals surface area contributed by atoms with E-state index in [1.807, 2.05) is 0 Å². The van der Waals surface area contributed by atoms with Crippen LogP contribution in [-0.4, -0.2) is 5.91 Å². The zero-order valence-corrected chi connectivity index (χ0v) is 15.3. The lowest BCUT2D eigenvalue weighted by atomic mass is 10.00. The highest BCUT2D eigenvalue weighted by atomic mass is 16.1. The summed E-state index contributed by atoms with van der Waals surface area (Å²) in [5, 5.41) is 5.64. The van der Waals surface area contributed by atoms with Crippen LogP contribution in [0.15, 0.2) is 60.7 Å². The maximum Gasteiger partial charge on any atom is 0.220 e. The minimum atomic E-state index is 0.0564. The van der Waals surface area contributed by atoms with E-state index in [4.69, 9.17) is 0 Å². The molecule has 3 aromatic carbocycles. The van der Waals surface area contributed by atoms with Crippen LogP contribution in [0.4, 0.5) is 0 Å². The Hall–Kier alpha value is -2.61. The predicted octanol–water partition coefficient (Wildman–Crippen LogP) is 5.14. The summed E-state index contributed by atoms with van der Waals surface area (Å²) in [5.74, 6) is 0.117. The van der Waals surface area contributed by atoms with E-state index < -0.39 is 0 Å². The second-order valence-electron chi connectivity index (χ2n) is 7.31. The Morgan fingerprint density at radius 1 is 1.00 bits per heavy atom. The number of carbonyl (C=O) groups is 1. The van der Waals surface area contributed by atoms with Gasteiger partial charge in [-0.2, -0.15) is 0 Å². The molecule has 0 saturated carbocycles. The molecule has 2 nitrogen and oxygen atoms in total. The third kappa shape index (κ3) is 3.50. The number of fused-ring (bicyclic) bond motifs is 2. The summed E-state index contributed by atoms with van der Waals surface area (Å²) >= 11 is 0. The number of hydrogen-bond acceptors (Lipinski definition) is 1. The Bertz CT molecular complexity index is 939. The fraction of sp³-hybridized carbons (Fsp3) is 0.292. The first-order valence-corrected chi connectivity index (χ1v) is 9.58. The minimum absolute atomic E-state index is 0.0564. The van der Waals surface area contributed by atoms with Crippen molar-refractivity contribution >= 4 is 16.7 Å². The van der Waals surface area contributed by atoms with Crippen molar-refractivity contribution in [1.82, 2.24) is 5.32 Å². The van der Waals surface area contributed by atoms with Crippen LogP contribution in [-0.2, 0) is 24.1 Å². The number of nitrogens with one attached hydrogen (secondary N) is 1. The Morgan fingerprint density at radius 3 is 2.73 bits per heavy atom. The smallest absolute Gasteiger partial charge is 0.220 e. The Morgan fingerprint density at radius 2 is 1.81 bits per heavy atom. The Kier molecular flexibility index (Phi) is 4.75. The molecule has 0 fully saturated rings. The Labute approximate surface area is 155 Å². The topological polar surface area (TPSA) is 29.1 Å². The molecule has 4 rings (SSSR count). The fourth-order valence-electron chi connectivity index (χ4n) is 4.02. The third-order valence-corrected chi connectivity index (χ3v) is 5.50. The molecule has 132 valence electrons. The minimum Gasteiger partial charge on any atom is -0.350 e. The van der Waals surface area contributed by atoms with Crippen molar-refractivity contribution in [1.29, 1.82) is 0 Å². The third-order valence-electron chi connectivity index (χ3n) is 5.50. The number of benzene rings is 3. The van der Waals surface area contributed by atoms with Gasteiger partial charge in [0.1, 0.15) is 0 Å². The molecule has 1 amide bonds. The van der Waals surface area contributed by atoms with Gasteiger partial charge in [-0.05, 0) is 65.6 Å². The van der Waals surface area contributed by atoms with Gasteiger partial charge in [-0.1, -0.05) is 60.7 Å². The van der Waals surface area contributed by atoms with Crippen LogP contribution < -0.4 is 5.32 Å². The average Bonchev–Trinajstić information content (AvgIpc) is 3.14. The van der Waals surface area contributed by atoms with Crippen LogP contribution in [0.2, 0.25) is 0 Å². The maximum atomic E-state index is 12.5. The van der Waals surface area contributed by atoms with Crippen LogP contribution in [0.3, 0.4) is 0 Å². The van der Waals surface area contributed by atoms with Crippen molar-refractivity contribution in [3.05, 3.63) is 82.9 Å². The van der Waals surface area contributed by atoms with Gasteiger partial charge >= 0.3 is 0 Å². The maximum absolute atomic E-state index is 12.5. The van der Waals surface area contributed by atoms with E-state index in [1.165, 1.54) is 52.3 Å². The summed E-state index contributed by atoms with van der Waals surface area (Å²) in [6.45, 7) is 2.08. The van der Waals surface area contributed by atoms with Crippen molar-refractivity contribution < 1.29 is 4.79 Å². The van der Waals surface area contributed by atoms with Gasteiger partial charge in [-0.15, -0.1) is 0 Å². The molecule has 0 saturated heterocycles. The molecule has 0 spiro atoms. The number of rotatable bonds is 5. The van der Waals surface area contributed by atoms with Gasteiger partial charge < -0.3 is 5.32 Å². The second kappa shape index (κ2) is 7.33. The van der Waals surface area contributed by atoms with Gasteiger partial charge in [0.15, 0.2) is 0 Å². The first-order chi connectivity index (χ1) is 12.7. The number of hydrogen-bond donors (Lipinski definition) is 1. The van der Waals surface area contributed by atoms with Gasteiger partial charge in [-0.25, -0.2) is 0 Å². The van der Waals surface area contributed by atoms with Gasteiger partial charge in [0.05, 0.1) is 6.04 Å². The Balaban J connectivity index is 1.39. The van der Waals surface area contributed by atoms with E-state index in [-0.39, 0.29) is 11.9 Å². The summed E-state index contributed by atoms with van der Waals surface area (Å²) in [6.07, 6.45) is 4.91. The molecule has 1 atom stereocenters. The molecular weight excluding hydrogens is 318 g/mol. The van der Waals surface area contributed by atoms with E-state index >= 15 is 0 Å². The SMILES string of the molecule is C[C@H](NC(=O)CCc1cccc2ccccc12)c1ccc2c(c1)CCC2. The molecule has 0 radical (unpaired) electrons. The highest BCUT2D eigenvalue weighted by Crippen LogP contribution is 2.25. The predicted molar refractivity (Wildman–Crippen MR) is 107 cm³/mol. The molecule has 1 aliphatic carbocycles. The number of carbonyl (C=O) groups excluding carboxylic acids is 1. The zero-order valence-electron chi connectivity index (χ0n) is 15.3. The normalized spacial score (nSPS) is 14.2. The van der Waals surface area contributed by atoms with Crippen molar-refractivity contribution in [3.8, 4) is 0 Å². The fourth-order valence-corrected chi connectivity index (χ4v) is 4.02. The first kappa shape index (κ1) is 16.8. The van der Waals surface area contributed by atoms with E-state index in [0.717, 1.165) is 6.42 Å². The van der Waals surface area contributed by atoms with Gasteiger partial charge in [0, 0.05) is 6.42 Å². The lowest BCUT2D eigenvalue weighted by Gasteiger charge is -2.16. The molecule has 0 aromatic heterocycles. The van der Waals surface area contributed by atoms with Crippen molar-refractivity contribution in [2.75, 3.05) is 0 Å². The van der Waals surface area contributed by atoms with E-state index in [2.05, 4.69) is 72.9 Å². The van der Waals surface area contributed by atoms with E-state index in [1.54, 1.807) is 0 Å². The quantitative estimate of drug-likeness (QED) is 0.683. The van der Waals surface area contributed by atoms with Gasteiger partial charge in [0.25, 0.3) is 0 Å². The van der Waals surface area contributed by atoms with Crippen molar-refractivity contribution in [2.24, 2.45) is 0 Å². The van der Waals surface area contributed by atoms with Crippen LogP contribution >= 0.6 is 0 Å². The second-order valence-corrected chi connectivity index (χ2v) is 7.31. The van der Waals surface area contributed by atoms with E-state index in [9.17, 15) is 4.79 Å². The molecular formula is C24H25NO. The molecule has 0 aliphatic heterocycles. The average molecular weight is 343 g/mol. The largest absolute Gasteiger partial charge is 0.350 e. The molecule has 0 heterocycles. The summed E-state index contributed by atoms with van der Waals surface area (Å²) in [7, 11) is 0. The molecule has 3 aromatic rings. The lowest BCUT2D eigenvalue weighted by molar-refractivity contribution is -0.121. The van der Waals surface area contributed by atoms with Crippen molar-refractivity contribution in [2.45, 2.75) is 45.1 Å². The molecule has 1 N–H and O–H groups in total. The highest BCUT2D eigenvalue weighted by molar-refractivity contribution is 5.86. The van der Waals surface area contributed by atoms with Gasteiger partial charge in [-0.3, -0.25) is 4.79 Å². The van der Waals surface area contributed by atoms with E-state index in [0.29, 0.717) is 6.42 Å². The summed E-state index contributed by atoms with van der Waals surface area (Å²) in [4.78, 5) is 12.5. The summed E-state index contributed by atoms with van der Waals surface area (Å²) in [6, 6.07) is 21.4. The van der Waals surface area contributed by atoms with Crippen LogP contribution in [0.1, 0.15) is 48.1 Å². The summed E-state index contributed by atoms with van der Waals surface area (Å²) in [5.41, 5.74) is 5.38. The van der Waals surface area contributed by atoms with Crippen molar-refractivity contribution in [3.63, 3.8) is 0 Å².